The van der Waals surface area contributed by atoms with Crippen LogP contribution in [0, 0.1) is 0 Å². The van der Waals surface area contributed by atoms with Crippen molar-refractivity contribution < 1.29 is 9.90 Å². The van der Waals surface area contributed by atoms with Crippen molar-refractivity contribution >= 4 is 40.7 Å². The summed E-state index contributed by atoms with van der Waals surface area (Å²) < 4.78 is 1.81. The average molecular weight is 471 g/mol. The fourth-order valence-corrected chi connectivity index (χ4v) is 4.33. The average Bonchev–Trinajstić information content (AvgIpc) is 3.12. The molecule has 1 aliphatic rings. The van der Waals surface area contributed by atoms with Crippen molar-refractivity contribution in [3.05, 3.63) is 41.0 Å². The van der Waals surface area contributed by atoms with Gasteiger partial charge >= 0.3 is 0 Å². The Morgan fingerprint density at radius 2 is 1.82 bits per heavy atom. The molecule has 1 saturated heterocycles. The molecule has 9 heteroatoms. The Bertz CT molecular complexity index is 1130. The number of carbonyl (C=O) groups excluding carboxylic acids is 1. The Morgan fingerprint density at radius 3 is 2.42 bits per heavy atom. The number of halogens is 1. The number of anilines is 2. The van der Waals surface area contributed by atoms with Crippen LogP contribution in [0.3, 0.4) is 0 Å². The van der Waals surface area contributed by atoms with Crippen LogP contribution in [0.2, 0.25) is 5.02 Å². The van der Waals surface area contributed by atoms with E-state index in [0.717, 1.165) is 23.8 Å². The van der Waals surface area contributed by atoms with Gasteiger partial charge in [0.05, 0.1) is 5.39 Å². The molecule has 3 heterocycles. The highest BCUT2D eigenvalue weighted by Gasteiger charge is 2.26. The van der Waals surface area contributed by atoms with Crippen molar-refractivity contribution in [3.8, 4) is 5.88 Å². The number of hydrogen-bond acceptors (Lipinski definition) is 6. The van der Waals surface area contributed by atoms with E-state index >= 15 is 0 Å². The number of amides is 1. The van der Waals surface area contributed by atoms with Crippen molar-refractivity contribution in [3.63, 3.8) is 0 Å². The summed E-state index contributed by atoms with van der Waals surface area (Å²) in [6.45, 7) is 10.8. The number of rotatable bonds is 7. The second kappa shape index (κ2) is 9.09. The Kier molecular flexibility index (Phi) is 6.38. The normalized spacial score (nSPS) is 14.8. The predicted octanol–water partition coefficient (Wildman–Crippen LogP) is 4.08. The van der Waals surface area contributed by atoms with Gasteiger partial charge in [0.25, 0.3) is 0 Å². The highest BCUT2D eigenvalue weighted by molar-refractivity contribution is 6.30. The second-order valence-electron chi connectivity index (χ2n) is 9.53. The number of benzene rings is 1. The predicted molar refractivity (Wildman–Crippen MR) is 132 cm³/mol. The molecule has 3 aromatic rings. The van der Waals surface area contributed by atoms with E-state index in [1.165, 1.54) is 0 Å². The van der Waals surface area contributed by atoms with Gasteiger partial charge in [0.2, 0.25) is 18.2 Å². The fourth-order valence-electron chi connectivity index (χ4n) is 4.21. The van der Waals surface area contributed by atoms with Crippen LogP contribution in [0.5, 0.6) is 5.88 Å². The van der Waals surface area contributed by atoms with Crippen LogP contribution < -0.4 is 10.2 Å². The second-order valence-corrected chi connectivity index (χ2v) is 9.97. The van der Waals surface area contributed by atoms with Crippen LogP contribution in [0.1, 0.15) is 39.3 Å². The van der Waals surface area contributed by atoms with Gasteiger partial charge in [-0.3, -0.25) is 4.79 Å². The summed E-state index contributed by atoms with van der Waals surface area (Å²) in [5.74, 6) is 1.37. The van der Waals surface area contributed by atoms with E-state index in [-0.39, 0.29) is 17.5 Å². The van der Waals surface area contributed by atoms with Crippen LogP contribution >= 0.6 is 11.6 Å². The number of hydrogen-bond donors (Lipinski definition) is 2. The molecule has 0 atom stereocenters. The summed E-state index contributed by atoms with van der Waals surface area (Å²) in [6, 6.07) is 7.93. The highest BCUT2D eigenvalue weighted by atomic mass is 35.5. The van der Waals surface area contributed by atoms with Gasteiger partial charge in [0.1, 0.15) is 11.3 Å². The first kappa shape index (κ1) is 23.2. The third-order valence-corrected chi connectivity index (χ3v) is 6.23. The van der Waals surface area contributed by atoms with Gasteiger partial charge in [-0.25, -0.2) is 4.98 Å². The minimum Gasteiger partial charge on any atom is -0.493 e. The van der Waals surface area contributed by atoms with E-state index < -0.39 is 0 Å². The van der Waals surface area contributed by atoms with Crippen LogP contribution in [-0.2, 0) is 11.2 Å². The maximum absolute atomic E-state index is 11.1. The zero-order valence-electron chi connectivity index (χ0n) is 19.5. The van der Waals surface area contributed by atoms with Crippen molar-refractivity contribution in [1.82, 2.24) is 19.4 Å². The number of fused-ring (bicyclic) bond motifs is 1. The molecule has 0 saturated carbocycles. The van der Waals surface area contributed by atoms with E-state index in [1.807, 2.05) is 48.9 Å². The minimum absolute atomic E-state index is 0.0775. The van der Waals surface area contributed by atoms with Gasteiger partial charge in [-0.2, -0.15) is 4.98 Å². The summed E-state index contributed by atoms with van der Waals surface area (Å²) in [4.78, 5) is 24.5. The molecule has 8 nitrogen and oxygen atoms in total. The molecule has 1 aromatic carbocycles. The molecule has 0 unspecified atom stereocenters. The fraction of sp³-hybridized carbons (Fsp3) is 0.458. The van der Waals surface area contributed by atoms with E-state index in [4.69, 9.17) is 21.6 Å². The number of piperazine rings is 1. The Labute approximate surface area is 199 Å². The number of carbonyl (C=O) groups is 1. The first-order chi connectivity index (χ1) is 15.7. The van der Waals surface area contributed by atoms with Crippen molar-refractivity contribution in [2.45, 2.75) is 45.7 Å². The summed E-state index contributed by atoms with van der Waals surface area (Å²) in [5.41, 5.74) is 1.37. The summed E-state index contributed by atoms with van der Waals surface area (Å²) in [7, 11) is 0. The molecule has 4 rings (SSSR count). The van der Waals surface area contributed by atoms with E-state index in [1.54, 1.807) is 4.90 Å². The van der Waals surface area contributed by atoms with Gasteiger partial charge in [-0.05, 0) is 51.8 Å². The summed E-state index contributed by atoms with van der Waals surface area (Å²) in [6.07, 6.45) is 3.55. The molecule has 33 heavy (non-hydrogen) atoms. The smallest absolute Gasteiger partial charge is 0.228 e. The number of aromatic nitrogens is 3. The molecule has 1 amide bonds. The number of aromatic hydroxyl groups is 1. The van der Waals surface area contributed by atoms with Crippen LogP contribution in [0.4, 0.5) is 11.8 Å². The Morgan fingerprint density at radius 1 is 1.15 bits per heavy atom. The standard InChI is InChI=1S/C24H31ClN6O2/c1-16(2)31-14-19-20(22(31)33)26-23(30-11-9-29(15-32)10-12-30)27-21(19)28-24(3,4)13-17-5-7-18(25)8-6-17/h5-8,14-16,33H,9-13H2,1-4H3,(H,26,27,28). The molecular formula is C24H31ClN6O2. The molecule has 1 fully saturated rings. The summed E-state index contributed by atoms with van der Waals surface area (Å²) in [5, 5.41) is 16.0. The minimum atomic E-state index is -0.321. The molecule has 0 aliphatic carbocycles. The van der Waals surface area contributed by atoms with Gasteiger partial charge in [-0.15, -0.1) is 0 Å². The maximum Gasteiger partial charge on any atom is 0.228 e. The zero-order chi connectivity index (χ0) is 23.8. The highest BCUT2D eigenvalue weighted by Crippen LogP contribution is 2.35. The zero-order valence-corrected chi connectivity index (χ0v) is 20.3. The largest absolute Gasteiger partial charge is 0.493 e. The third-order valence-electron chi connectivity index (χ3n) is 5.98. The first-order valence-electron chi connectivity index (χ1n) is 11.3. The molecule has 0 radical (unpaired) electrons. The lowest BCUT2D eigenvalue weighted by Crippen LogP contribution is -2.46. The number of nitrogens with zero attached hydrogens (tertiary/aromatic N) is 5. The summed E-state index contributed by atoms with van der Waals surface area (Å²) >= 11 is 6.04. The van der Waals surface area contributed by atoms with Crippen molar-refractivity contribution in [2.24, 2.45) is 0 Å². The van der Waals surface area contributed by atoms with E-state index in [9.17, 15) is 9.90 Å². The van der Waals surface area contributed by atoms with Crippen LogP contribution in [0.15, 0.2) is 30.5 Å². The molecule has 0 spiro atoms. The van der Waals surface area contributed by atoms with E-state index in [2.05, 4.69) is 24.1 Å². The SMILES string of the molecule is CC(C)n1cc2c(NC(C)(C)Cc3ccc(Cl)cc3)nc(N3CCN(C=O)CC3)nc2c1O. The lowest BCUT2D eigenvalue weighted by atomic mass is 9.95. The monoisotopic (exact) mass is 470 g/mol. The van der Waals surface area contributed by atoms with Gasteiger partial charge < -0.3 is 24.8 Å². The number of nitrogens with one attached hydrogen (secondary N) is 1. The lowest BCUT2D eigenvalue weighted by Gasteiger charge is -2.33. The molecule has 2 aromatic heterocycles. The molecular weight excluding hydrogens is 440 g/mol. The Hall–Kier alpha value is -3.00. The third kappa shape index (κ3) is 5.00. The van der Waals surface area contributed by atoms with Crippen LogP contribution in [-0.4, -0.2) is 62.7 Å². The van der Waals surface area contributed by atoms with Crippen molar-refractivity contribution in [1.29, 1.82) is 0 Å². The first-order valence-corrected chi connectivity index (χ1v) is 11.6. The lowest BCUT2D eigenvalue weighted by molar-refractivity contribution is -0.118. The van der Waals surface area contributed by atoms with Crippen molar-refractivity contribution in [2.75, 3.05) is 36.4 Å². The quantitative estimate of drug-likeness (QED) is 0.506. The molecule has 1 aliphatic heterocycles. The topological polar surface area (TPSA) is 86.5 Å². The van der Waals surface area contributed by atoms with Gasteiger partial charge in [0, 0.05) is 49.0 Å². The van der Waals surface area contributed by atoms with E-state index in [0.29, 0.717) is 48.5 Å². The molecule has 176 valence electrons. The van der Waals surface area contributed by atoms with Gasteiger partial charge in [0.15, 0.2) is 0 Å². The van der Waals surface area contributed by atoms with Crippen LogP contribution in [0.25, 0.3) is 10.9 Å². The van der Waals surface area contributed by atoms with Gasteiger partial charge in [-0.1, -0.05) is 23.7 Å². The molecule has 2 N–H and O–H groups in total. The maximum atomic E-state index is 11.1. The molecule has 0 bridgehead atoms. The Balaban J connectivity index is 1.71.